The molecule has 18 heavy (non-hydrogen) atoms. The Morgan fingerprint density at radius 1 is 1.56 bits per heavy atom. The summed E-state index contributed by atoms with van der Waals surface area (Å²) in [5, 5.41) is 2.65. The number of hydrogen-bond donors (Lipinski definition) is 1. The number of alkyl carbamates (subject to hydrolysis) is 1. The lowest BCUT2D eigenvalue weighted by Crippen LogP contribution is -2.47. The molecule has 1 fully saturated rings. The Morgan fingerprint density at radius 3 is 2.56 bits per heavy atom. The Morgan fingerprint density at radius 2 is 2.17 bits per heavy atom. The smallest absolute Gasteiger partial charge is 0.410 e. The number of amides is 2. The average molecular weight is 258 g/mol. The fourth-order valence-electron chi connectivity index (χ4n) is 1.58. The number of cyclic esters (lactones) is 1. The number of rotatable bonds is 3. The van der Waals surface area contributed by atoms with Crippen molar-refractivity contribution in [3.63, 3.8) is 0 Å². The minimum Gasteiger partial charge on any atom is -0.447 e. The Kier molecular flexibility index (Phi) is 4.43. The highest BCUT2D eigenvalue weighted by atomic mass is 16.6. The molecule has 1 unspecified atom stereocenters. The molecule has 6 nitrogen and oxygen atoms in total. The zero-order valence-corrected chi connectivity index (χ0v) is 11.6. The SMILES string of the molecule is CC(C)N(CC1COC(=O)N1)C(=O)OC(C)(C)C. The minimum absolute atomic E-state index is 0.00245. The van der Waals surface area contributed by atoms with Crippen LogP contribution in [0.25, 0.3) is 0 Å². The third kappa shape index (κ3) is 4.43. The lowest BCUT2D eigenvalue weighted by Gasteiger charge is -2.31. The van der Waals surface area contributed by atoms with Crippen LogP contribution >= 0.6 is 0 Å². The van der Waals surface area contributed by atoms with E-state index in [1.54, 1.807) is 4.90 Å². The van der Waals surface area contributed by atoms with Crippen molar-refractivity contribution in [1.29, 1.82) is 0 Å². The topological polar surface area (TPSA) is 67.9 Å². The first-order valence-corrected chi connectivity index (χ1v) is 6.12. The van der Waals surface area contributed by atoms with E-state index in [0.717, 1.165) is 0 Å². The summed E-state index contributed by atoms with van der Waals surface area (Å²) in [4.78, 5) is 24.5. The van der Waals surface area contributed by atoms with Crippen molar-refractivity contribution in [1.82, 2.24) is 10.2 Å². The van der Waals surface area contributed by atoms with Gasteiger partial charge >= 0.3 is 12.2 Å². The Labute approximate surface area is 108 Å². The van der Waals surface area contributed by atoms with E-state index in [0.29, 0.717) is 6.54 Å². The highest BCUT2D eigenvalue weighted by Gasteiger charge is 2.30. The Bertz CT molecular complexity index is 323. The van der Waals surface area contributed by atoms with E-state index in [4.69, 9.17) is 9.47 Å². The van der Waals surface area contributed by atoms with Crippen LogP contribution in [0.5, 0.6) is 0 Å². The Hall–Kier alpha value is -1.46. The van der Waals surface area contributed by atoms with E-state index in [-0.39, 0.29) is 24.8 Å². The summed E-state index contributed by atoms with van der Waals surface area (Å²) in [6.07, 6.45) is -0.813. The van der Waals surface area contributed by atoms with Gasteiger partial charge in [-0.1, -0.05) is 0 Å². The van der Waals surface area contributed by atoms with Crippen LogP contribution in [-0.4, -0.2) is 47.9 Å². The molecule has 0 bridgehead atoms. The number of ether oxygens (including phenoxy) is 2. The van der Waals surface area contributed by atoms with Crippen LogP contribution in [0, 0.1) is 0 Å². The van der Waals surface area contributed by atoms with Crippen LogP contribution in [0.15, 0.2) is 0 Å². The number of carbonyl (C=O) groups excluding carboxylic acids is 2. The molecule has 1 rings (SSSR count). The molecule has 2 amide bonds. The maximum atomic E-state index is 12.0. The van der Waals surface area contributed by atoms with Gasteiger partial charge in [0.05, 0.1) is 6.04 Å². The van der Waals surface area contributed by atoms with Crippen molar-refractivity contribution in [2.45, 2.75) is 52.3 Å². The van der Waals surface area contributed by atoms with Crippen LogP contribution in [-0.2, 0) is 9.47 Å². The third-order valence-corrected chi connectivity index (χ3v) is 2.41. The standard InChI is InChI=1S/C12H22N2O4/c1-8(2)14(11(16)18-12(3,4)5)6-9-7-17-10(15)13-9/h8-9H,6-7H2,1-5H3,(H,13,15). The lowest BCUT2D eigenvalue weighted by molar-refractivity contribution is 0.0172. The normalized spacial score (nSPS) is 19.4. The van der Waals surface area contributed by atoms with Crippen LogP contribution in [0.1, 0.15) is 34.6 Å². The molecule has 1 atom stereocenters. The second-order valence-corrected chi connectivity index (χ2v) is 5.67. The van der Waals surface area contributed by atoms with E-state index >= 15 is 0 Å². The largest absolute Gasteiger partial charge is 0.447 e. The summed E-state index contributed by atoms with van der Waals surface area (Å²) in [5.74, 6) is 0. The molecule has 0 aromatic carbocycles. The van der Waals surface area contributed by atoms with E-state index in [2.05, 4.69) is 5.32 Å². The van der Waals surface area contributed by atoms with Gasteiger partial charge in [-0.2, -0.15) is 0 Å². The first-order valence-electron chi connectivity index (χ1n) is 6.12. The lowest BCUT2D eigenvalue weighted by atomic mass is 10.2. The predicted molar refractivity (Wildman–Crippen MR) is 66.3 cm³/mol. The second kappa shape index (κ2) is 5.46. The molecule has 0 aliphatic carbocycles. The van der Waals surface area contributed by atoms with Crippen LogP contribution in [0.3, 0.4) is 0 Å². The third-order valence-electron chi connectivity index (χ3n) is 2.41. The van der Waals surface area contributed by atoms with Gasteiger partial charge in [0.25, 0.3) is 0 Å². The first-order chi connectivity index (χ1) is 8.19. The molecular weight excluding hydrogens is 236 g/mol. The van der Waals surface area contributed by atoms with Crippen LogP contribution in [0.2, 0.25) is 0 Å². The summed E-state index contributed by atoms with van der Waals surface area (Å²) < 4.78 is 10.1. The number of carbonyl (C=O) groups is 2. The molecule has 104 valence electrons. The molecule has 1 aliphatic rings. The monoisotopic (exact) mass is 258 g/mol. The Balaban J connectivity index is 2.59. The van der Waals surface area contributed by atoms with Crippen molar-refractivity contribution >= 4 is 12.2 Å². The van der Waals surface area contributed by atoms with Crippen molar-refractivity contribution in [2.24, 2.45) is 0 Å². The molecule has 6 heteroatoms. The van der Waals surface area contributed by atoms with Crippen molar-refractivity contribution in [2.75, 3.05) is 13.2 Å². The van der Waals surface area contributed by atoms with Gasteiger partial charge in [0, 0.05) is 12.6 Å². The molecule has 0 aromatic heterocycles. The van der Waals surface area contributed by atoms with Crippen molar-refractivity contribution in [3.8, 4) is 0 Å². The summed E-state index contributed by atoms with van der Waals surface area (Å²) in [5.41, 5.74) is -0.528. The molecule has 1 saturated heterocycles. The fourth-order valence-corrected chi connectivity index (χ4v) is 1.58. The molecule has 1 aliphatic heterocycles. The summed E-state index contributed by atoms with van der Waals surface area (Å²) in [6.45, 7) is 9.95. The molecular formula is C12H22N2O4. The zero-order valence-electron chi connectivity index (χ0n) is 11.6. The van der Waals surface area contributed by atoms with Crippen molar-refractivity contribution < 1.29 is 19.1 Å². The van der Waals surface area contributed by atoms with Gasteiger partial charge < -0.3 is 19.7 Å². The van der Waals surface area contributed by atoms with Crippen LogP contribution < -0.4 is 5.32 Å². The minimum atomic E-state index is -0.528. The van der Waals surface area contributed by atoms with Gasteiger partial charge in [-0.05, 0) is 34.6 Å². The van der Waals surface area contributed by atoms with Gasteiger partial charge in [-0.25, -0.2) is 9.59 Å². The van der Waals surface area contributed by atoms with Crippen molar-refractivity contribution in [3.05, 3.63) is 0 Å². The van der Waals surface area contributed by atoms with E-state index in [1.165, 1.54) is 0 Å². The molecule has 0 radical (unpaired) electrons. The molecule has 0 spiro atoms. The highest BCUT2D eigenvalue weighted by Crippen LogP contribution is 2.13. The van der Waals surface area contributed by atoms with E-state index < -0.39 is 11.7 Å². The first kappa shape index (κ1) is 14.6. The number of nitrogens with zero attached hydrogens (tertiary/aromatic N) is 1. The zero-order chi connectivity index (χ0) is 13.9. The molecule has 0 aromatic rings. The number of hydrogen-bond acceptors (Lipinski definition) is 4. The van der Waals surface area contributed by atoms with Gasteiger partial charge in [0.1, 0.15) is 12.2 Å². The predicted octanol–water partition coefficient (Wildman–Crippen LogP) is 1.74. The van der Waals surface area contributed by atoms with Gasteiger partial charge in [-0.3, -0.25) is 0 Å². The summed E-state index contributed by atoms with van der Waals surface area (Å²) in [7, 11) is 0. The quantitative estimate of drug-likeness (QED) is 0.837. The average Bonchev–Trinajstić information content (AvgIpc) is 2.57. The fraction of sp³-hybridized carbons (Fsp3) is 0.833. The molecule has 1 N–H and O–H groups in total. The summed E-state index contributed by atoms with van der Waals surface area (Å²) in [6, 6.07) is -0.176. The van der Waals surface area contributed by atoms with Gasteiger partial charge in [0.15, 0.2) is 0 Å². The molecule has 1 heterocycles. The maximum Gasteiger partial charge on any atom is 0.410 e. The highest BCUT2D eigenvalue weighted by molar-refractivity contribution is 5.71. The van der Waals surface area contributed by atoms with E-state index in [9.17, 15) is 9.59 Å². The molecule has 0 saturated carbocycles. The summed E-state index contributed by atoms with van der Waals surface area (Å²) >= 11 is 0. The van der Waals surface area contributed by atoms with E-state index in [1.807, 2.05) is 34.6 Å². The second-order valence-electron chi connectivity index (χ2n) is 5.67. The van der Waals surface area contributed by atoms with Gasteiger partial charge in [0.2, 0.25) is 0 Å². The maximum absolute atomic E-state index is 12.0. The number of nitrogens with one attached hydrogen (secondary N) is 1. The van der Waals surface area contributed by atoms with Gasteiger partial charge in [-0.15, -0.1) is 0 Å². The van der Waals surface area contributed by atoms with Crippen LogP contribution in [0.4, 0.5) is 9.59 Å².